The first kappa shape index (κ1) is 12.0. The third-order valence-electron chi connectivity index (χ3n) is 6.72. The molecule has 2 nitrogen and oxygen atoms in total. The summed E-state index contributed by atoms with van der Waals surface area (Å²) in [5.41, 5.74) is 8.66. The summed E-state index contributed by atoms with van der Waals surface area (Å²) in [5, 5.41) is 0. The first-order valence-electron chi connectivity index (χ1n) is 7.99. The molecule has 0 radical (unpaired) electrons. The largest absolute Gasteiger partial charge is 0.367 e. The molecule has 0 amide bonds. The second kappa shape index (κ2) is 3.88. The summed E-state index contributed by atoms with van der Waals surface area (Å²) in [5.74, 6) is 2.62. The smallest absolute Gasteiger partial charge is 0.00430 e. The Morgan fingerprint density at radius 3 is 2.63 bits per heavy atom. The van der Waals surface area contributed by atoms with Crippen molar-refractivity contribution in [1.82, 2.24) is 4.98 Å². The van der Waals surface area contributed by atoms with Gasteiger partial charge in [0.15, 0.2) is 0 Å². The average Bonchev–Trinajstić information content (AvgIpc) is 2.90. The number of aromatic amines is 1. The summed E-state index contributed by atoms with van der Waals surface area (Å²) >= 11 is 0. The SMILES string of the molecule is CC(CN)C12CC3CC(CC(c4cc[nH]c4)(C3)C1)C2. The summed E-state index contributed by atoms with van der Waals surface area (Å²) < 4.78 is 0. The van der Waals surface area contributed by atoms with Gasteiger partial charge in [0, 0.05) is 12.4 Å². The van der Waals surface area contributed by atoms with E-state index in [1.54, 1.807) is 5.56 Å². The van der Waals surface area contributed by atoms with Crippen molar-refractivity contribution in [3.63, 3.8) is 0 Å². The Morgan fingerprint density at radius 2 is 2.05 bits per heavy atom. The highest BCUT2D eigenvalue weighted by molar-refractivity contribution is 5.28. The second-order valence-corrected chi connectivity index (χ2v) is 7.84. The molecule has 4 fully saturated rings. The van der Waals surface area contributed by atoms with Gasteiger partial charge in [-0.15, -0.1) is 0 Å². The molecule has 0 saturated heterocycles. The fourth-order valence-corrected chi connectivity index (χ4v) is 6.15. The van der Waals surface area contributed by atoms with Gasteiger partial charge in [-0.1, -0.05) is 6.92 Å². The van der Waals surface area contributed by atoms with Crippen LogP contribution in [0.5, 0.6) is 0 Å². The minimum Gasteiger partial charge on any atom is -0.367 e. The minimum absolute atomic E-state index is 0.480. The van der Waals surface area contributed by atoms with Crippen LogP contribution in [0.25, 0.3) is 0 Å². The van der Waals surface area contributed by atoms with Gasteiger partial charge in [-0.25, -0.2) is 0 Å². The molecule has 3 N–H and O–H groups in total. The van der Waals surface area contributed by atoms with Gasteiger partial charge in [-0.2, -0.15) is 0 Å². The Labute approximate surface area is 116 Å². The van der Waals surface area contributed by atoms with Crippen molar-refractivity contribution in [2.45, 2.75) is 50.9 Å². The van der Waals surface area contributed by atoms with Crippen LogP contribution in [0.3, 0.4) is 0 Å². The lowest BCUT2D eigenvalue weighted by Crippen LogP contribution is -2.56. The molecule has 4 aliphatic carbocycles. The highest BCUT2D eigenvalue weighted by Crippen LogP contribution is 2.67. The number of rotatable bonds is 3. The van der Waals surface area contributed by atoms with E-state index in [1.165, 1.54) is 38.5 Å². The minimum atomic E-state index is 0.480. The van der Waals surface area contributed by atoms with E-state index in [1.807, 2.05) is 0 Å². The molecular formula is C17H26N2. The van der Waals surface area contributed by atoms with Crippen molar-refractivity contribution < 1.29 is 0 Å². The maximum absolute atomic E-state index is 6.05. The first-order valence-corrected chi connectivity index (χ1v) is 7.99. The lowest BCUT2D eigenvalue weighted by atomic mass is 9.41. The monoisotopic (exact) mass is 258 g/mol. The van der Waals surface area contributed by atoms with Gasteiger partial charge in [-0.05, 0) is 85.3 Å². The number of hydrogen-bond acceptors (Lipinski definition) is 1. The van der Waals surface area contributed by atoms with Crippen LogP contribution in [0.15, 0.2) is 18.5 Å². The van der Waals surface area contributed by atoms with Crippen LogP contribution >= 0.6 is 0 Å². The van der Waals surface area contributed by atoms with Crippen molar-refractivity contribution in [3.8, 4) is 0 Å². The molecule has 4 saturated carbocycles. The second-order valence-electron chi connectivity index (χ2n) is 7.84. The predicted octanol–water partition coefficient (Wildman–Crippen LogP) is 3.45. The molecule has 1 aromatic rings. The van der Waals surface area contributed by atoms with Crippen LogP contribution in [-0.4, -0.2) is 11.5 Å². The number of nitrogens with two attached hydrogens (primary N) is 1. The fourth-order valence-electron chi connectivity index (χ4n) is 6.15. The first-order chi connectivity index (χ1) is 9.16. The zero-order valence-corrected chi connectivity index (χ0v) is 12.0. The average molecular weight is 258 g/mol. The standard InChI is InChI=1S/C17H26N2/c1-12(9-18)16-5-13-4-14(6-16)8-17(7-13,11-16)15-2-3-19-10-15/h2-3,10,12-14,19H,4-9,11,18H2,1H3. The van der Waals surface area contributed by atoms with Gasteiger partial charge in [0.2, 0.25) is 0 Å². The van der Waals surface area contributed by atoms with Gasteiger partial charge in [0.05, 0.1) is 0 Å². The molecule has 1 aromatic heterocycles. The van der Waals surface area contributed by atoms with Gasteiger partial charge in [0.1, 0.15) is 0 Å². The van der Waals surface area contributed by atoms with Crippen molar-refractivity contribution >= 4 is 0 Å². The van der Waals surface area contributed by atoms with Crippen LogP contribution in [-0.2, 0) is 5.41 Å². The summed E-state index contributed by atoms with van der Waals surface area (Å²) in [6, 6.07) is 2.33. The molecule has 104 valence electrons. The lowest BCUT2D eigenvalue weighted by molar-refractivity contribution is -0.0978. The van der Waals surface area contributed by atoms with Crippen LogP contribution < -0.4 is 5.73 Å². The Kier molecular flexibility index (Phi) is 2.45. The van der Waals surface area contributed by atoms with Crippen molar-refractivity contribution in [1.29, 1.82) is 0 Å². The Morgan fingerprint density at radius 1 is 1.32 bits per heavy atom. The van der Waals surface area contributed by atoms with Crippen LogP contribution in [0.4, 0.5) is 0 Å². The number of hydrogen-bond donors (Lipinski definition) is 2. The highest BCUT2D eigenvalue weighted by Gasteiger charge is 2.59. The molecule has 4 bridgehead atoms. The molecule has 0 spiro atoms. The van der Waals surface area contributed by atoms with E-state index in [0.717, 1.165) is 18.4 Å². The molecular weight excluding hydrogens is 232 g/mol. The molecule has 0 aliphatic heterocycles. The molecule has 4 aliphatic rings. The zero-order valence-electron chi connectivity index (χ0n) is 12.0. The molecule has 1 heterocycles. The normalized spacial score (nSPS) is 45.6. The van der Waals surface area contributed by atoms with E-state index < -0.39 is 0 Å². The Hall–Kier alpha value is -0.760. The van der Waals surface area contributed by atoms with E-state index >= 15 is 0 Å². The van der Waals surface area contributed by atoms with Gasteiger partial charge in [-0.3, -0.25) is 0 Å². The van der Waals surface area contributed by atoms with E-state index in [2.05, 4.69) is 30.4 Å². The molecule has 3 atom stereocenters. The third-order valence-corrected chi connectivity index (χ3v) is 6.72. The van der Waals surface area contributed by atoms with E-state index in [4.69, 9.17) is 5.73 Å². The Bertz CT molecular complexity index is 448. The van der Waals surface area contributed by atoms with Gasteiger partial charge < -0.3 is 10.7 Å². The third kappa shape index (κ3) is 1.59. The number of aromatic nitrogens is 1. The quantitative estimate of drug-likeness (QED) is 0.856. The van der Waals surface area contributed by atoms with E-state index in [0.29, 0.717) is 16.7 Å². The summed E-state index contributed by atoms with van der Waals surface area (Å²) in [6.45, 7) is 3.26. The summed E-state index contributed by atoms with van der Waals surface area (Å²) in [4.78, 5) is 3.29. The fraction of sp³-hybridized carbons (Fsp3) is 0.765. The van der Waals surface area contributed by atoms with Gasteiger partial charge in [0.25, 0.3) is 0 Å². The molecule has 3 unspecified atom stereocenters. The number of H-pyrrole nitrogens is 1. The maximum atomic E-state index is 6.05. The van der Waals surface area contributed by atoms with Crippen molar-refractivity contribution in [3.05, 3.63) is 24.0 Å². The van der Waals surface area contributed by atoms with Gasteiger partial charge >= 0.3 is 0 Å². The van der Waals surface area contributed by atoms with Crippen LogP contribution in [0, 0.1) is 23.2 Å². The molecule has 2 heteroatoms. The number of nitrogens with one attached hydrogen (secondary N) is 1. The highest BCUT2D eigenvalue weighted by atomic mass is 14.7. The van der Waals surface area contributed by atoms with E-state index in [9.17, 15) is 0 Å². The maximum Gasteiger partial charge on any atom is 0.00430 e. The van der Waals surface area contributed by atoms with Crippen molar-refractivity contribution in [2.24, 2.45) is 28.9 Å². The zero-order chi connectivity index (χ0) is 13.1. The Balaban J connectivity index is 1.76. The summed E-state index contributed by atoms with van der Waals surface area (Å²) in [7, 11) is 0. The lowest BCUT2D eigenvalue weighted by Gasteiger charge is -2.64. The van der Waals surface area contributed by atoms with Crippen LogP contribution in [0.2, 0.25) is 0 Å². The molecule has 5 rings (SSSR count). The predicted molar refractivity (Wildman–Crippen MR) is 77.8 cm³/mol. The molecule has 0 aromatic carbocycles. The van der Waals surface area contributed by atoms with Crippen LogP contribution in [0.1, 0.15) is 51.0 Å². The summed E-state index contributed by atoms with van der Waals surface area (Å²) in [6.07, 6.45) is 13.0. The van der Waals surface area contributed by atoms with E-state index in [-0.39, 0.29) is 0 Å². The molecule has 19 heavy (non-hydrogen) atoms. The topological polar surface area (TPSA) is 41.8 Å². The van der Waals surface area contributed by atoms with Crippen molar-refractivity contribution in [2.75, 3.05) is 6.54 Å².